The predicted octanol–water partition coefficient (Wildman–Crippen LogP) is 13.3. The summed E-state index contributed by atoms with van der Waals surface area (Å²) in [6, 6.07) is 36.7. The predicted molar refractivity (Wildman–Crippen MR) is 226 cm³/mol. The monoisotopic (exact) mass is 900 g/mol. The zero-order valence-electron chi connectivity index (χ0n) is 33.4. The molecule has 0 amide bonds. The first-order valence-electron chi connectivity index (χ1n) is 18.8. The second-order valence-electron chi connectivity index (χ2n) is 17.1. The van der Waals surface area contributed by atoms with Gasteiger partial charge in [-0.25, -0.2) is 0 Å². The molecule has 0 atom stereocenters. The Bertz CT molecular complexity index is 2610. The van der Waals surface area contributed by atoms with E-state index in [-0.39, 0.29) is 25.5 Å². The molecule has 0 spiro atoms. The van der Waals surface area contributed by atoms with Crippen LogP contribution in [0.25, 0.3) is 66.4 Å². The fourth-order valence-corrected chi connectivity index (χ4v) is 7.09. The van der Waals surface area contributed by atoms with Crippen molar-refractivity contribution in [3.63, 3.8) is 0 Å². The number of furan rings is 1. The number of nitrogens with zero attached hydrogens (tertiary/aromatic N) is 3. The van der Waals surface area contributed by atoms with Crippen molar-refractivity contribution >= 4 is 32.7 Å². The van der Waals surface area contributed by atoms with Crippen LogP contribution >= 0.6 is 0 Å². The van der Waals surface area contributed by atoms with E-state index in [1.165, 1.54) is 38.9 Å². The van der Waals surface area contributed by atoms with Crippen LogP contribution in [0.3, 0.4) is 0 Å². The van der Waals surface area contributed by atoms with Crippen LogP contribution < -0.4 is 0 Å². The van der Waals surface area contributed by atoms with Gasteiger partial charge in [-0.1, -0.05) is 125 Å². The van der Waals surface area contributed by atoms with Crippen LogP contribution in [0.2, 0.25) is 0 Å². The van der Waals surface area contributed by atoms with Crippen LogP contribution in [0, 0.1) is 43.7 Å². The average Bonchev–Trinajstić information content (AvgIpc) is 3.52. The summed E-state index contributed by atoms with van der Waals surface area (Å²) in [5, 5.41) is 4.32. The molecule has 0 saturated heterocycles. The summed E-state index contributed by atoms with van der Waals surface area (Å²) in [6.45, 7) is 19.9. The van der Waals surface area contributed by atoms with Crippen LogP contribution in [-0.2, 0) is 32.9 Å². The molecular formula is C50H49IrN3O-2. The topological polar surface area (TPSA) is 51.8 Å². The molecule has 4 heterocycles. The number of hydrogen-bond acceptors (Lipinski definition) is 4. The smallest absolute Gasteiger partial charge is 0.130 e. The van der Waals surface area contributed by atoms with Crippen molar-refractivity contribution in [1.29, 1.82) is 0 Å². The summed E-state index contributed by atoms with van der Waals surface area (Å²) in [5.74, 6) is 0. The molecule has 4 aromatic heterocycles. The van der Waals surface area contributed by atoms with Gasteiger partial charge in [-0.2, -0.15) is 0 Å². The molecule has 0 fully saturated rings. The van der Waals surface area contributed by atoms with Gasteiger partial charge < -0.3 is 14.4 Å². The molecule has 281 valence electrons. The molecule has 0 saturated carbocycles. The minimum absolute atomic E-state index is 0. The molecule has 0 aliphatic carbocycles. The Kier molecular flexibility index (Phi) is 11.6. The van der Waals surface area contributed by atoms with E-state index in [0.717, 1.165) is 68.1 Å². The summed E-state index contributed by atoms with van der Waals surface area (Å²) < 4.78 is 6.38. The van der Waals surface area contributed by atoms with Gasteiger partial charge in [0.25, 0.3) is 0 Å². The first-order valence-corrected chi connectivity index (χ1v) is 18.8. The molecule has 0 unspecified atom stereocenters. The minimum Gasteiger partial charge on any atom is -0.500 e. The first-order chi connectivity index (χ1) is 25.7. The number of aromatic nitrogens is 3. The minimum atomic E-state index is 0. The van der Waals surface area contributed by atoms with Gasteiger partial charge in [0.15, 0.2) is 0 Å². The maximum Gasteiger partial charge on any atom is 0.130 e. The SMILES string of the molecule is CC(C)(C)Cc1ccnc(-c2[c-]ccc3c2oc2c4cnccc4ccc32)c1.Cc1cnc(-c2[c-]cc(C)c(-c3ccc(CC(C)(C)C)cc3)c2)cc1C.[Ir]. The van der Waals surface area contributed by atoms with Gasteiger partial charge >= 0.3 is 0 Å². The van der Waals surface area contributed by atoms with Crippen LogP contribution in [0.1, 0.15) is 69.4 Å². The molecule has 4 aromatic carbocycles. The summed E-state index contributed by atoms with van der Waals surface area (Å²) in [6.07, 6.45) is 9.58. The van der Waals surface area contributed by atoms with Crippen LogP contribution in [0.4, 0.5) is 0 Å². The zero-order valence-corrected chi connectivity index (χ0v) is 35.8. The number of pyridine rings is 3. The molecule has 8 rings (SSSR count). The van der Waals surface area contributed by atoms with Gasteiger partial charge in [-0.15, -0.1) is 47.5 Å². The third-order valence-corrected chi connectivity index (χ3v) is 9.84. The number of aryl methyl sites for hydroxylation is 3. The van der Waals surface area contributed by atoms with E-state index >= 15 is 0 Å². The van der Waals surface area contributed by atoms with Crippen LogP contribution in [0.5, 0.6) is 0 Å². The van der Waals surface area contributed by atoms with E-state index in [2.05, 4.69) is 162 Å². The van der Waals surface area contributed by atoms with Crippen LogP contribution in [0.15, 0.2) is 114 Å². The van der Waals surface area contributed by atoms with Crippen LogP contribution in [-0.4, -0.2) is 15.0 Å². The van der Waals surface area contributed by atoms with Crippen molar-refractivity contribution in [1.82, 2.24) is 15.0 Å². The largest absolute Gasteiger partial charge is 0.500 e. The number of rotatable bonds is 5. The van der Waals surface area contributed by atoms with Gasteiger partial charge in [0.1, 0.15) is 5.58 Å². The summed E-state index contributed by atoms with van der Waals surface area (Å²) in [7, 11) is 0. The Morgan fingerprint density at radius 2 is 1.33 bits per heavy atom. The van der Waals surface area contributed by atoms with Gasteiger partial charge in [0.2, 0.25) is 0 Å². The standard InChI is InChI=1S/C25H21N2O.C25H28N.Ir/c1-25(2,3)14-16-9-12-27-22(13-16)20-6-4-5-18-19-8-7-17-10-11-26-15-21(17)24(19)28-23(18)20;1-17-7-10-22(24-13-18(2)19(3)16-26-24)14-23(17)21-11-8-20(9-12-21)15-25(4,5)6;/h4-5,7-13,15H,14H2,1-3H3;7-9,11-14,16H,15H2,1-6H3;/q2*-1;. The maximum atomic E-state index is 6.38. The van der Waals surface area contributed by atoms with Gasteiger partial charge in [0.05, 0.1) is 5.58 Å². The number of benzene rings is 4. The molecule has 55 heavy (non-hydrogen) atoms. The molecule has 0 aliphatic heterocycles. The molecule has 0 bridgehead atoms. The molecule has 5 heteroatoms. The molecule has 0 N–H and O–H groups in total. The maximum absolute atomic E-state index is 6.38. The molecular weight excluding hydrogens is 851 g/mol. The van der Waals surface area contributed by atoms with E-state index in [1.807, 2.05) is 30.7 Å². The van der Waals surface area contributed by atoms with E-state index in [9.17, 15) is 0 Å². The molecule has 8 aromatic rings. The van der Waals surface area contributed by atoms with Crippen molar-refractivity contribution in [3.8, 4) is 33.6 Å². The Labute approximate surface area is 339 Å². The van der Waals surface area contributed by atoms with E-state index in [0.29, 0.717) is 5.41 Å². The van der Waals surface area contributed by atoms with Gasteiger partial charge in [-0.3, -0.25) is 4.98 Å². The Hall–Kier alpha value is -4.96. The number of fused-ring (bicyclic) bond motifs is 5. The first kappa shape index (κ1) is 39.7. The third kappa shape index (κ3) is 9.13. The molecule has 1 radical (unpaired) electrons. The van der Waals surface area contributed by atoms with Crippen molar-refractivity contribution in [2.24, 2.45) is 10.8 Å². The second-order valence-corrected chi connectivity index (χ2v) is 17.1. The Morgan fingerprint density at radius 1 is 0.600 bits per heavy atom. The molecule has 4 nitrogen and oxygen atoms in total. The summed E-state index contributed by atoms with van der Waals surface area (Å²) >= 11 is 0. The Balaban J connectivity index is 0.000000184. The Morgan fingerprint density at radius 3 is 2.05 bits per heavy atom. The fraction of sp³-hybridized carbons (Fsp3) is 0.260. The van der Waals surface area contributed by atoms with Crippen molar-refractivity contribution in [3.05, 3.63) is 150 Å². The average molecular weight is 900 g/mol. The van der Waals surface area contributed by atoms with E-state index in [1.54, 1.807) is 6.20 Å². The third-order valence-electron chi connectivity index (χ3n) is 9.84. The summed E-state index contributed by atoms with van der Waals surface area (Å²) in [5.41, 5.74) is 14.9. The zero-order chi connectivity index (χ0) is 38.2. The van der Waals surface area contributed by atoms with Gasteiger partial charge in [-0.05, 0) is 83.1 Å². The quantitative estimate of drug-likeness (QED) is 0.162. The number of hydrogen-bond donors (Lipinski definition) is 0. The molecule has 0 aliphatic rings. The summed E-state index contributed by atoms with van der Waals surface area (Å²) in [4.78, 5) is 13.5. The normalized spacial score (nSPS) is 11.7. The van der Waals surface area contributed by atoms with Crippen molar-refractivity contribution in [2.75, 3.05) is 0 Å². The van der Waals surface area contributed by atoms with Crippen molar-refractivity contribution in [2.45, 2.75) is 75.2 Å². The fourth-order valence-electron chi connectivity index (χ4n) is 7.09. The van der Waals surface area contributed by atoms with Crippen molar-refractivity contribution < 1.29 is 24.5 Å². The second kappa shape index (κ2) is 16.0. The van der Waals surface area contributed by atoms with E-state index < -0.39 is 0 Å². The van der Waals surface area contributed by atoms with Gasteiger partial charge in [0, 0.05) is 55.7 Å². The van der Waals surface area contributed by atoms with E-state index in [4.69, 9.17) is 4.42 Å².